The fourth-order valence-corrected chi connectivity index (χ4v) is 1.56. The van der Waals surface area contributed by atoms with E-state index in [0.717, 1.165) is 6.08 Å². The molecular formula is C13H10BF2NO2. The minimum atomic E-state index is -2.99. The Morgan fingerprint density at radius 2 is 1.89 bits per heavy atom. The summed E-state index contributed by atoms with van der Waals surface area (Å²) in [5, 5.41) is 0. The first-order chi connectivity index (χ1) is 9.16. The fraction of sp³-hybridized carbons (Fsp3) is 0. The topological polar surface area (TPSA) is 42.1 Å². The van der Waals surface area contributed by atoms with Crippen molar-refractivity contribution in [2.45, 2.75) is 0 Å². The summed E-state index contributed by atoms with van der Waals surface area (Å²) in [6, 6.07) is 11.5. The van der Waals surface area contributed by atoms with Gasteiger partial charge in [0, 0.05) is 17.8 Å². The van der Waals surface area contributed by atoms with Crippen molar-refractivity contribution < 1.29 is 18.1 Å². The van der Waals surface area contributed by atoms with Crippen LogP contribution in [0.5, 0.6) is 0 Å². The molecule has 0 amide bonds. The van der Waals surface area contributed by atoms with Gasteiger partial charge in [-0.15, -0.1) is 0 Å². The molecule has 2 aromatic rings. The number of benzene rings is 1. The molecule has 0 aliphatic carbocycles. The average molecular weight is 261 g/mol. The highest BCUT2D eigenvalue weighted by atomic mass is 19.2. The molecule has 1 N–H and O–H groups in total. The molecule has 96 valence electrons. The molecule has 0 fully saturated rings. The Balaban J connectivity index is 2.28. The SMILES string of the molecule is O=C(/C=C(/OB(F)F)c1ccc[nH]1)c1ccccc1. The van der Waals surface area contributed by atoms with Crippen LogP contribution in [0.1, 0.15) is 16.1 Å². The Morgan fingerprint density at radius 3 is 2.47 bits per heavy atom. The van der Waals surface area contributed by atoms with Crippen LogP contribution in [0.15, 0.2) is 54.7 Å². The van der Waals surface area contributed by atoms with Crippen molar-refractivity contribution in [3.8, 4) is 0 Å². The average Bonchev–Trinajstić information content (AvgIpc) is 2.92. The molecule has 0 bridgehead atoms. The number of halogens is 2. The van der Waals surface area contributed by atoms with Gasteiger partial charge < -0.3 is 9.64 Å². The van der Waals surface area contributed by atoms with E-state index in [1.165, 1.54) is 0 Å². The second-order valence-electron chi connectivity index (χ2n) is 3.70. The van der Waals surface area contributed by atoms with Crippen LogP contribution in [0.2, 0.25) is 0 Å². The summed E-state index contributed by atoms with van der Waals surface area (Å²) in [4.78, 5) is 14.6. The Morgan fingerprint density at radius 1 is 1.16 bits per heavy atom. The van der Waals surface area contributed by atoms with E-state index < -0.39 is 13.3 Å². The lowest BCUT2D eigenvalue weighted by Gasteiger charge is -2.06. The molecule has 1 heterocycles. The van der Waals surface area contributed by atoms with Crippen LogP contribution in [-0.2, 0) is 4.65 Å². The minimum absolute atomic E-state index is 0.186. The van der Waals surface area contributed by atoms with Crippen molar-refractivity contribution in [1.82, 2.24) is 4.98 Å². The predicted octanol–water partition coefficient (Wildman–Crippen LogP) is 3.18. The van der Waals surface area contributed by atoms with E-state index in [1.807, 2.05) is 0 Å². The highest BCUT2D eigenvalue weighted by Gasteiger charge is 2.21. The van der Waals surface area contributed by atoms with Crippen molar-refractivity contribution in [2.75, 3.05) is 0 Å². The lowest BCUT2D eigenvalue weighted by atomic mass is 10.1. The summed E-state index contributed by atoms with van der Waals surface area (Å²) < 4.78 is 29.0. The number of ketones is 1. The van der Waals surface area contributed by atoms with Gasteiger partial charge in [-0.3, -0.25) is 4.79 Å². The molecule has 0 radical (unpaired) electrons. The second-order valence-corrected chi connectivity index (χ2v) is 3.70. The van der Waals surface area contributed by atoms with Gasteiger partial charge in [-0.05, 0) is 12.1 Å². The first kappa shape index (κ1) is 13.1. The number of aromatic nitrogens is 1. The van der Waals surface area contributed by atoms with E-state index in [-0.39, 0.29) is 5.76 Å². The summed E-state index contributed by atoms with van der Waals surface area (Å²) in [5.41, 5.74) is 0.731. The molecule has 2 rings (SSSR count). The van der Waals surface area contributed by atoms with Crippen LogP contribution in [0.4, 0.5) is 8.63 Å². The molecule has 1 aromatic carbocycles. The van der Waals surface area contributed by atoms with Crippen molar-refractivity contribution >= 4 is 19.0 Å². The summed E-state index contributed by atoms with van der Waals surface area (Å²) in [5.74, 6) is -0.584. The molecule has 0 atom stereocenters. The zero-order valence-corrected chi connectivity index (χ0v) is 9.85. The zero-order valence-electron chi connectivity index (χ0n) is 9.85. The number of carbonyl (C=O) groups excluding carboxylic acids is 1. The van der Waals surface area contributed by atoms with Gasteiger partial charge in [0.2, 0.25) is 0 Å². The molecule has 0 aliphatic rings. The third kappa shape index (κ3) is 3.54. The molecular weight excluding hydrogens is 251 g/mol. The summed E-state index contributed by atoms with van der Waals surface area (Å²) in [7, 11) is -2.99. The highest BCUT2D eigenvalue weighted by Crippen LogP contribution is 2.17. The number of hydrogen-bond acceptors (Lipinski definition) is 2. The molecule has 3 nitrogen and oxygen atoms in total. The zero-order chi connectivity index (χ0) is 13.7. The van der Waals surface area contributed by atoms with Gasteiger partial charge in [0.15, 0.2) is 5.78 Å². The number of hydrogen-bond donors (Lipinski definition) is 1. The highest BCUT2D eigenvalue weighted by molar-refractivity contribution is 6.36. The van der Waals surface area contributed by atoms with Crippen LogP contribution >= 0.6 is 0 Å². The number of aromatic amines is 1. The smallest absolute Gasteiger partial charge is 0.503 e. The maximum atomic E-state index is 12.3. The predicted molar refractivity (Wildman–Crippen MR) is 68.6 cm³/mol. The maximum Gasteiger partial charge on any atom is 0.796 e. The minimum Gasteiger partial charge on any atom is -0.503 e. The first-order valence-corrected chi connectivity index (χ1v) is 5.56. The molecule has 0 saturated heterocycles. The summed E-state index contributed by atoms with van der Waals surface area (Å²) in [6.07, 6.45) is 2.61. The van der Waals surface area contributed by atoms with Gasteiger partial charge in [0.05, 0.1) is 5.69 Å². The second kappa shape index (κ2) is 5.99. The molecule has 19 heavy (non-hydrogen) atoms. The van der Waals surface area contributed by atoms with Crippen LogP contribution < -0.4 is 0 Å². The molecule has 0 spiro atoms. The quantitative estimate of drug-likeness (QED) is 0.388. The van der Waals surface area contributed by atoms with Crippen molar-refractivity contribution in [1.29, 1.82) is 0 Å². The fourth-order valence-electron chi connectivity index (χ4n) is 1.56. The van der Waals surface area contributed by atoms with Crippen molar-refractivity contribution in [2.24, 2.45) is 0 Å². The van der Waals surface area contributed by atoms with Gasteiger partial charge in [-0.2, -0.15) is 0 Å². The summed E-state index contributed by atoms with van der Waals surface area (Å²) >= 11 is 0. The molecule has 0 aliphatic heterocycles. The van der Waals surface area contributed by atoms with Crippen molar-refractivity contribution in [3.05, 3.63) is 66.0 Å². The number of rotatable bonds is 5. The van der Waals surface area contributed by atoms with Gasteiger partial charge in [0.25, 0.3) is 0 Å². The molecule has 0 unspecified atom stereocenters. The Kier molecular flexibility index (Phi) is 4.13. The van der Waals surface area contributed by atoms with Gasteiger partial charge in [-0.25, -0.2) is 8.63 Å². The van der Waals surface area contributed by atoms with Crippen LogP contribution in [0.25, 0.3) is 5.76 Å². The Hall–Kier alpha value is -2.37. The third-order valence-electron chi connectivity index (χ3n) is 2.40. The van der Waals surface area contributed by atoms with Crippen molar-refractivity contribution in [3.63, 3.8) is 0 Å². The van der Waals surface area contributed by atoms with E-state index in [1.54, 1.807) is 48.7 Å². The normalized spacial score (nSPS) is 11.2. The first-order valence-electron chi connectivity index (χ1n) is 5.56. The number of nitrogens with one attached hydrogen (secondary N) is 1. The van der Waals surface area contributed by atoms with E-state index in [4.69, 9.17) is 0 Å². The monoisotopic (exact) mass is 261 g/mol. The van der Waals surface area contributed by atoms with Gasteiger partial charge in [-0.1, -0.05) is 30.3 Å². The lowest BCUT2D eigenvalue weighted by Crippen LogP contribution is -2.06. The van der Waals surface area contributed by atoms with Crippen LogP contribution in [0, 0.1) is 0 Å². The van der Waals surface area contributed by atoms with Crippen LogP contribution in [-0.4, -0.2) is 18.2 Å². The summed E-state index contributed by atoms with van der Waals surface area (Å²) in [6.45, 7) is 0. The van der Waals surface area contributed by atoms with E-state index in [9.17, 15) is 13.4 Å². The van der Waals surface area contributed by atoms with E-state index in [0.29, 0.717) is 11.3 Å². The molecule has 0 saturated carbocycles. The number of allylic oxidation sites excluding steroid dienone is 1. The number of carbonyl (C=O) groups is 1. The van der Waals surface area contributed by atoms with Gasteiger partial charge in [0.1, 0.15) is 5.76 Å². The van der Waals surface area contributed by atoms with E-state index in [2.05, 4.69) is 9.64 Å². The molecule has 6 heteroatoms. The third-order valence-corrected chi connectivity index (χ3v) is 2.40. The van der Waals surface area contributed by atoms with Gasteiger partial charge >= 0.3 is 7.47 Å². The lowest BCUT2D eigenvalue weighted by molar-refractivity contribution is 0.104. The largest absolute Gasteiger partial charge is 0.796 e. The Labute approximate surface area is 109 Å². The maximum absolute atomic E-state index is 12.3. The van der Waals surface area contributed by atoms with Crippen LogP contribution in [0.3, 0.4) is 0 Å². The molecule has 1 aromatic heterocycles. The Bertz CT molecular complexity index is 568. The number of H-pyrrole nitrogens is 1. The van der Waals surface area contributed by atoms with E-state index >= 15 is 0 Å². The standard InChI is InChI=1S/C13H10BF2NO2/c15-14(16)19-13(11-7-4-8-17-11)9-12(18)10-5-2-1-3-6-10/h1-9,17H/b13-9+.